The SMILES string of the molecule is Oc1cc(-c2cc(SC(S)(S)S)ncc2F)ccc1-c1ncc(N(C2CC2)[C@@H]2C[C@H]3CC[C@H](C3)[C@@H]2F)nn1. The summed E-state index contributed by atoms with van der Waals surface area (Å²) in [6.45, 7) is 0. The van der Waals surface area contributed by atoms with Crippen molar-refractivity contribution in [2.45, 2.75) is 64.5 Å². The van der Waals surface area contributed by atoms with Gasteiger partial charge in [0.2, 0.25) is 0 Å². The van der Waals surface area contributed by atoms with Gasteiger partial charge < -0.3 is 10.0 Å². The van der Waals surface area contributed by atoms with Crippen LogP contribution in [0.4, 0.5) is 14.6 Å². The summed E-state index contributed by atoms with van der Waals surface area (Å²) in [5.41, 5.74) is 1.09. The van der Waals surface area contributed by atoms with E-state index < -0.39 is 14.7 Å². The van der Waals surface area contributed by atoms with Gasteiger partial charge in [0.1, 0.15) is 17.7 Å². The molecule has 1 N–H and O–H groups in total. The number of phenolic OH excluding ortho intramolecular Hbond substituents is 1. The molecule has 6 nitrogen and oxygen atoms in total. The highest BCUT2D eigenvalue weighted by Crippen LogP contribution is 2.48. The van der Waals surface area contributed by atoms with Crippen molar-refractivity contribution in [3.63, 3.8) is 0 Å². The summed E-state index contributed by atoms with van der Waals surface area (Å²) in [4.78, 5) is 10.6. The van der Waals surface area contributed by atoms with Crippen LogP contribution in [0.5, 0.6) is 5.75 Å². The van der Waals surface area contributed by atoms with Gasteiger partial charge in [-0.05, 0) is 74.1 Å². The summed E-state index contributed by atoms with van der Waals surface area (Å²) in [5, 5.41) is 20.0. The molecule has 12 heteroatoms. The van der Waals surface area contributed by atoms with E-state index in [2.05, 4.69) is 63.0 Å². The molecule has 0 saturated heterocycles. The van der Waals surface area contributed by atoms with Crippen molar-refractivity contribution in [1.29, 1.82) is 0 Å². The Hall–Kier alpha value is -1.76. The van der Waals surface area contributed by atoms with Crippen molar-refractivity contribution >= 4 is 55.5 Å². The van der Waals surface area contributed by atoms with Gasteiger partial charge in [0, 0.05) is 11.6 Å². The number of fused-ring (bicyclic) bond motifs is 2. The number of nitrogens with zero attached hydrogens (tertiary/aromatic N) is 5. The Morgan fingerprint density at radius 1 is 0.974 bits per heavy atom. The molecule has 4 atom stereocenters. The molecule has 3 saturated carbocycles. The van der Waals surface area contributed by atoms with E-state index in [1.54, 1.807) is 24.4 Å². The lowest BCUT2D eigenvalue weighted by atomic mass is 9.83. The van der Waals surface area contributed by atoms with Gasteiger partial charge in [-0.3, -0.25) is 0 Å². The summed E-state index contributed by atoms with van der Waals surface area (Å²) in [5.74, 6) is 0.914. The van der Waals surface area contributed by atoms with Crippen LogP contribution in [-0.4, -0.2) is 46.3 Å². The van der Waals surface area contributed by atoms with Crippen molar-refractivity contribution in [3.05, 3.63) is 42.5 Å². The summed E-state index contributed by atoms with van der Waals surface area (Å²) >= 11 is 13.9. The molecule has 38 heavy (non-hydrogen) atoms. The zero-order chi connectivity index (χ0) is 26.6. The fourth-order valence-electron chi connectivity index (χ4n) is 5.89. The Bertz CT molecular complexity index is 1340. The van der Waals surface area contributed by atoms with Gasteiger partial charge in [-0.2, -0.15) is 0 Å². The maximum atomic E-state index is 15.4. The number of aromatic hydroxyl groups is 1. The van der Waals surface area contributed by atoms with E-state index in [0.717, 1.165) is 56.5 Å². The Morgan fingerprint density at radius 2 is 1.79 bits per heavy atom. The molecule has 0 aliphatic heterocycles. The molecule has 200 valence electrons. The highest BCUT2D eigenvalue weighted by Gasteiger charge is 2.48. The first-order valence-corrected chi connectivity index (χ1v) is 14.8. The molecule has 0 spiro atoms. The van der Waals surface area contributed by atoms with E-state index in [0.29, 0.717) is 27.9 Å². The Balaban J connectivity index is 1.25. The first kappa shape index (κ1) is 26.5. The van der Waals surface area contributed by atoms with Gasteiger partial charge >= 0.3 is 0 Å². The first-order valence-electron chi connectivity index (χ1n) is 12.6. The van der Waals surface area contributed by atoms with E-state index in [-0.39, 0.29) is 35.1 Å². The molecule has 3 aromatic rings. The number of hydrogen-bond donors (Lipinski definition) is 4. The monoisotopic (exact) mass is 591 g/mol. The summed E-state index contributed by atoms with van der Waals surface area (Å²) in [6.07, 6.45) is 7.86. The van der Waals surface area contributed by atoms with Crippen molar-refractivity contribution < 1.29 is 13.9 Å². The summed E-state index contributed by atoms with van der Waals surface area (Å²) in [6, 6.07) is 6.41. The predicted molar refractivity (Wildman–Crippen MR) is 155 cm³/mol. The molecule has 2 heterocycles. The number of thioether (sulfide) groups is 1. The number of benzene rings is 1. The number of anilines is 1. The summed E-state index contributed by atoms with van der Waals surface area (Å²) < 4.78 is 29.0. The highest BCUT2D eigenvalue weighted by molar-refractivity contribution is 8.36. The molecule has 3 aliphatic carbocycles. The smallest absolute Gasteiger partial charge is 0.185 e. The van der Waals surface area contributed by atoms with Crippen LogP contribution in [0.25, 0.3) is 22.5 Å². The van der Waals surface area contributed by atoms with Crippen LogP contribution in [0.15, 0.2) is 41.7 Å². The zero-order valence-corrected chi connectivity index (χ0v) is 23.8. The Morgan fingerprint density at radius 3 is 2.47 bits per heavy atom. The molecule has 3 fully saturated rings. The third kappa shape index (κ3) is 5.46. The maximum Gasteiger partial charge on any atom is 0.185 e. The second kappa shape index (κ2) is 10.3. The molecular formula is C26H27F2N5OS4. The van der Waals surface area contributed by atoms with Crippen molar-refractivity contribution in [1.82, 2.24) is 20.2 Å². The van der Waals surface area contributed by atoms with Crippen molar-refractivity contribution in [3.8, 4) is 28.3 Å². The molecule has 2 bridgehead atoms. The minimum Gasteiger partial charge on any atom is -0.507 e. The first-order chi connectivity index (χ1) is 18.2. The molecule has 3 aliphatic rings. The second-order valence-electron chi connectivity index (χ2n) is 10.4. The van der Waals surface area contributed by atoms with Crippen LogP contribution >= 0.6 is 49.6 Å². The normalized spacial score (nSPS) is 25.0. The van der Waals surface area contributed by atoms with Crippen LogP contribution in [0.3, 0.4) is 0 Å². The lowest BCUT2D eigenvalue weighted by molar-refractivity contribution is 0.140. The van der Waals surface area contributed by atoms with Crippen LogP contribution in [0, 0.1) is 17.7 Å². The number of halogens is 2. The number of alkyl halides is 1. The van der Waals surface area contributed by atoms with E-state index in [9.17, 15) is 9.50 Å². The largest absolute Gasteiger partial charge is 0.507 e. The molecule has 0 amide bonds. The van der Waals surface area contributed by atoms with Crippen molar-refractivity contribution in [2.24, 2.45) is 11.8 Å². The quantitative estimate of drug-likeness (QED) is 0.143. The average Bonchev–Trinajstić information content (AvgIpc) is 3.62. The third-order valence-electron chi connectivity index (χ3n) is 7.71. The fourth-order valence-corrected chi connectivity index (χ4v) is 7.29. The lowest BCUT2D eigenvalue weighted by Crippen LogP contribution is -2.49. The predicted octanol–water partition coefficient (Wildman–Crippen LogP) is 6.43. The molecule has 0 radical (unpaired) electrons. The van der Waals surface area contributed by atoms with E-state index >= 15 is 4.39 Å². The van der Waals surface area contributed by atoms with Gasteiger partial charge in [0.05, 0.1) is 29.0 Å². The van der Waals surface area contributed by atoms with Crippen LogP contribution in [-0.2, 0) is 0 Å². The van der Waals surface area contributed by atoms with Crippen molar-refractivity contribution in [2.75, 3.05) is 4.90 Å². The van der Waals surface area contributed by atoms with Crippen LogP contribution in [0.2, 0.25) is 0 Å². The van der Waals surface area contributed by atoms with E-state index in [1.165, 1.54) is 6.07 Å². The van der Waals surface area contributed by atoms with Gasteiger partial charge in [0.25, 0.3) is 0 Å². The molecular weight excluding hydrogens is 565 g/mol. The van der Waals surface area contributed by atoms with Gasteiger partial charge in [-0.1, -0.05) is 17.8 Å². The molecule has 1 aromatic carbocycles. The third-order valence-corrected chi connectivity index (χ3v) is 9.24. The van der Waals surface area contributed by atoms with E-state index in [4.69, 9.17) is 0 Å². The van der Waals surface area contributed by atoms with Gasteiger partial charge in [-0.25, -0.2) is 18.7 Å². The number of thiol groups is 3. The van der Waals surface area contributed by atoms with Crippen LogP contribution in [0.1, 0.15) is 38.5 Å². The fraction of sp³-hybridized carbons (Fsp3) is 0.462. The maximum absolute atomic E-state index is 15.4. The zero-order valence-electron chi connectivity index (χ0n) is 20.3. The number of phenols is 1. The topological polar surface area (TPSA) is 75.0 Å². The molecule has 2 aromatic heterocycles. The summed E-state index contributed by atoms with van der Waals surface area (Å²) in [7, 11) is 0. The second-order valence-corrected chi connectivity index (χ2v) is 15.6. The lowest BCUT2D eigenvalue weighted by Gasteiger charge is -2.40. The number of aromatic nitrogens is 4. The molecule has 6 rings (SSSR count). The highest BCUT2D eigenvalue weighted by atomic mass is 32.3. The van der Waals surface area contributed by atoms with Crippen LogP contribution < -0.4 is 4.90 Å². The average molecular weight is 592 g/mol. The van der Waals surface area contributed by atoms with Gasteiger partial charge in [0.15, 0.2) is 14.4 Å². The van der Waals surface area contributed by atoms with E-state index in [1.807, 2.05) is 0 Å². The minimum absolute atomic E-state index is 0.110. The number of hydrogen-bond acceptors (Lipinski definition) is 10. The molecule has 0 unspecified atom stereocenters. The Labute approximate surface area is 240 Å². The standard InChI is InChI=1S/C26H27F2N5OS4/c27-19-11-29-23(38-26(35,36)37)10-18(19)14-3-6-17(21(34)9-14)25-30-12-22(31-32-25)33(16-4-5-16)20-8-13-1-2-15(7-13)24(20)28/h3,6,9-13,15-16,20,24,34-37H,1-2,4-5,7-8H2/t13-,15+,20+,24-/m0/s1. The minimum atomic E-state index is -0.985. The Kier molecular flexibility index (Phi) is 7.19. The number of rotatable bonds is 7. The number of pyridine rings is 1. The van der Waals surface area contributed by atoms with Gasteiger partial charge in [-0.15, -0.1) is 48.1 Å².